The molecule has 8 nitrogen and oxygen atoms in total. The summed E-state index contributed by atoms with van der Waals surface area (Å²) in [6.45, 7) is 4.13. The normalized spacial score (nSPS) is 12.1. The van der Waals surface area contributed by atoms with E-state index in [1.54, 1.807) is 6.07 Å². The third-order valence-corrected chi connectivity index (χ3v) is 4.19. The van der Waals surface area contributed by atoms with Gasteiger partial charge in [0.05, 0.1) is 6.54 Å². The number of carbonyl (C=O) groups is 1. The molecule has 162 valence electrons. The summed E-state index contributed by atoms with van der Waals surface area (Å²) < 4.78 is 16.1. The van der Waals surface area contributed by atoms with E-state index < -0.39 is 5.91 Å². The zero-order valence-corrected chi connectivity index (χ0v) is 19.2. The Morgan fingerprint density at radius 2 is 1.97 bits per heavy atom. The topological polar surface area (TPSA) is 107 Å². The Morgan fingerprint density at radius 1 is 1.13 bits per heavy atom. The lowest BCUT2D eigenvalue weighted by molar-refractivity contribution is -0.119. The number of aliphatic imine (C=N–C) groups is 1. The average molecular weight is 526 g/mol. The van der Waals surface area contributed by atoms with E-state index in [0.29, 0.717) is 12.3 Å². The first-order valence-corrected chi connectivity index (χ1v) is 9.55. The van der Waals surface area contributed by atoms with Crippen LogP contribution in [0.15, 0.2) is 47.5 Å². The van der Waals surface area contributed by atoms with Crippen molar-refractivity contribution in [2.45, 2.75) is 19.9 Å². The fourth-order valence-corrected chi connectivity index (χ4v) is 2.82. The summed E-state index contributed by atoms with van der Waals surface area (Å²) in [6, 6.07) is 13.4. The highest BCUT2D eigenvalue weighted by Gasteiger charge is 2.13. The highest BCUT2D eigenvalue weighted by atomic mass is 127. The summed E-state index contributed by atoms with van der Waals surface area (Å²) in [6.07, 6.45) is 0.831. The van der Waals surface area contributed by atoms with Crippen molar-refractivity contribution in [3.8, 4) is 17.2 Å². The number of amides is 1. The zero-order chi connectivity index (χ0) is 20.5. The standard InChI is InChI=1S/C21H26N4O4.HI/c1-2-23-21(24-9-8-15-6-7-18-19(11-15)29-14-28-18)25-12-16-4-3-5-17(10-16)27-13-20(22)26;/h3-7,10-11H,2,8-9,12-14H2,1H3,(H2,22,26)(H2,23,24,25);1H. The largest absolute Gasteiger partial charge is 0.484 e. The molecule has 0 saturated carbocycles. The first-order chi connectivity index (χ1) is 14.1. The fourth-order valence-electron chi connectivity index (χ4n) is 2.82. The summed E-state index contributed by atoms with van der Waals surface area (Å²) in [5.74, 6) is 2.41. The first kappa shape index (κ1) is 23.6. The zero-order valence-electron chi connectivity index (χ0n) is 16.8. The van der Waals surface area contributed by atoms with E-state index in [0.717, 1.165) is 48.1 Å². The number of primary amides is 1. The lowest BCUT2D eigenvalue weighted by Gasteiger charge is -2.12. The summed E-state index contributed by atoms with van der Waals surface area (Å²) in [5.41, 5.74) is 7.25. The molecule has 1 heterocycles. The van der Waals surface area contributed by atoms with E-state index in [1.165, 1.54) is 0 Å². The fraction of sp³-hybridized carbons (Fsp3) is 0.333. The number of guanidine groups is 1. The Bertz CT molecular complexity index is 876. The summed E-state index contributed by atoms with van der Waals surface area (Å²) in [5, 5.41) is 6.57. The molecule has 1 aliphatic heterocycles. The molecular weight excluding hydrogens is 499 g/mol. The Kier molecular flexibility index (Phi) is 9.52. The van der Waals surface area contributed by atoms with E-state index >= 15 is 0 Å². The van der Waals surface area contributed by atoms with Crippen LogP contribution in [0.1, 0.15) is 18.1 Å². The number of nitrogens with two attached hydrogens (primary N) is 1. The van der Waals surface area contributed by atoms with Crippen LogP contribution < -0.4 is 30.6 Å². The van der Waals surface area contributed by atoms with Crippen LogP contribution in [-0.4, -0.2) is 38.4 Å². The molecule has 2 aromatic carbocycles. The van der Waals surface area contributed by atoms with Crippen molar-refractivity contribution in [3.63, 3.8) is 0 Å². The van der Waals surface area contributed by atoms with Gasteiger partial charge in [-0.3, -0.25) is 4.79 Å². The SMILES string of the molecule is CCNC(=NCc1cccc(OCC(N)=O)c1)NCCc1ccc2c(c1)OCO2.I. The number of benzene rings is 2. The second kappa shape index (κ2) is 12.1. The maximum Gasteiger partial charge on any atom is 0.255 e. The third-order valence-electron chi connectivity index (χ3n) is 4.19. The van der Waals surface area contributed by atoms with Crippen molar-refractivity contribution in [2.75, 3.05) is 26.5 Å². The molecule has 0 unspecified atom stereocenters. The molecule has 0 aliphatic carbocycles. The minimum absolute atomic E-state index is 0. The van der Waals surface area contributed by atoms with Gasteiger partial charge in [-0.25, -0.2) is 4.99 Å². The third kappa shape index (κ3) is 7.29. The van der Waals surface area contributed by atoms with Gasteiger partial charge in [0.2, 0.25) is 6.79 Å². The van der Waals surface area contributed by atoms with Crippen LogP contribution in [0.5, 0.6) is 17.2 Å². The predicted molar refractivity (Wildman–Crippen MR) is 126 cm³/mol. The minimum atomic E-state index is -0.505. The van der Waals surface area contributed by atoms with E-state index in [9.17, 15) is 4.79 Å². The van der Waals surface area contributed by atoms with Gasteiger partial charge in [-0.05, 0) is 48.7 Å². The first-order valence-electron chi connectivity index (χ1n) is 9.55. The lowest BCUT2D eigenvalue weighted by atomic mass is 10.1. The van der Waals surface area contributed by atoms with E-state index in [2.05, 4.69) is 15.6 Å². The van der Waals surface area contributed by atoms with Crippen LogP contribution >= 0.6 is 24.0 Å². The maximum absolute atomic E-state index is 10.8. The van der Waals surface area contributed by atoms with Gasteiger partial charge in [0, 0.05) is 13.1 Å². The van der Waals surface area contributed by atoms with Crippen LogP contribution in [0, 0.1) is 0 Å². The van der Waals surface area contributed by atoms with Gasteiger partial charge in [0.1, 0.15) is 5.75 Å². The van der Waals surface area contributed by atoms with E-state index in [-0.39, 0.29) is 37.4 Å². The van der Waals surface area contributed by atoms with Gasteiger partial charge in [-0.1, -0.05) is 18.2 Å². The van der Waals surface area contributed by atoms with Crippen molar-refractivity contribution in [1.29, 1.82) is 0 Å². The highest BCUT2D eigenvalue weighted by molar-refractivity contribution is 14.0. The Labute approximate surface area is 193 Å². The lowest BCUT2D eigenvalue weighted by Crippen LogP contribution is -2.38. The molecule has 1 aliphatic rings. The molecule has 9 heteroatoms. The molecule has 3 rings (SSSR count). The number of ether oxygens (including phenoxy) is 3. The summed E-state index contributed by atoms with van der Waals surface area (Å²) in [7, 11) is 0. The Balaban J connectivity index is 0.00000320. The number of rotatable bonds is 9. The highest BCUT2D eigenvalue weighted by Crippen LogP contribution is 2.32. The molecule has 0 saturated heterocycles. The molecule has 0 fully saturated rings. The van der Waals surface area contributed by atoms with E-state index in [1.807, 2.05) is 43.3 Å². The Morgan fingerprint density at radius 3 is 2.77 bits per heavy atom. The van der Waals surface area contributed by atoms with Crippen LogP contribution in [0.4, 0.5) is 0 Å². The van der Waals surface area contributed by atoms with Crippen molar-refractivity contribution >= 4 is 35.8 Å². The van der Waals surface area contributed by atoms with Gasteiger partial charge in [-0.15, -0.1) is 24.0 Å². The smallest absolute Gasteiger partial charge is 0.255 e. The minimum Gasteiger partial charge on any atom is -0.484 e. The van der Waals surface area contributed by atoms with Crippen LogP contribution in [0.3, 0.4) is 0 Å². The van der Waals surface area contributed by atoms with Crippen molar-refractivity contribution in [1.82, 2.24) is 10.6 Å². The predicted octanol–water partition coefficient (Wildman–Crippen LogP) is 2.20. The molecule has 0 atom stereocenters. The van der Waals surface area contributed by atoms with Gasteiger partial charge in [0.15, 0.2) is 24.1 Å². The van der Waals surface area contributed by atoms with Gasteiger partial charge in [-0.2, -0.15) is 0 Å². The van der Waals surface area contributed by atoms with Crippen molar-refractivity contribution in [3.05, 3.63) is 53.6 Å². The molecule has 4 N–H and O–H groups in total. The molecular formula is C21H27IN4O4. The molecule has 2 aromatic rings. The number of carbonyl (C=O) groups excluding carboxylic acids is 1. The molecule has 1 amide bonds. The van der Waals surface area contributed by atoms with Crippen molar-refractivity contribution in [2.24, 2.45) is 10.7 Å². The average Bonchev–Trinajstić information content (AvgIpc) is 3.19. The monoisotopic (exact) mass is 526 g/mol. The van der Waals surface area contributed by atoms with Gasteiger partial charge < -0.3 is 30.6 Å². The number of nitrogens with zero attached hydrogens (tertiary/aromatic N) is 1. The number of nitrogens with one attached hydrogen (secondary N) is 2. The molecule has 0 aromatic heterocycles. The number of fused-ring (bicyclic) bond motifs is 1. The van der Waals surface area contributed by atoms with Crippen LogP contribution in [0.2, 0.25) is 0 Å². The van der Waals surface area contributed by atoms with Gasteiger partial charge >= 0.3 is 0 Å². The molecule has 0 radical (unpaired) electrons. The van der Waals surface area contributed by atoms with Crippen LogP contribution in [-0.2, 0) is 17.8 Å². The van der Waals surface area contributed by atoms with Crippen molar-refractivity contribution < 1.29 is 19.0 Å². The number of hydrogen-bond acceptors (Lipinski definition) is 5. The maximum atomic E-state index is 10.8. The second-order valence-corrected chi connectivity index (χ2v) is 6.46. The summed E-state index contributed by atoms with van der Waals surface area (Å²) >= 11 is 0. The Hall–Kier alpha value is -2.69. The molecule has 30 heavy (non-hydrogen) atoms. The quantitative estimate of drug-likeness (QED) is 0.263. The molecule has 0 bridgehead atoms. The molecule has 0 spiro atoms. The number of hydrogen-bond donors (Lipinski definition) is 3. The van der Waals surface area contributed by atoms with Gasteiger partial charge in [0.25, 0.3) is 5.91 Å². The second-order valence-electron chi connectivity index (χ2n) is 6.46. The summed E-state index contributed by atoms with van der Waals surface area (Å²) in [4.78, 5) is 15.5. The van der Waals surface area contributed by atoms with E-state index in [4.69, 9.17) is 19.9 Å². The number of halogens is 1. The van der Waals surface area contributed by atoms with Crippen LogP contribution in [0.25, 0.3) is 0 Å².